The van der Waals surface area contributed by atoms with E-state index in [1.165, 1.54) is 5.56 Å². The summed E-state index contributed by atoms with van der Waals surface area (Å²) in [5.41, 5.74) is 8.66. The van der Waals surface area contributed by atoms with E-state index < -0.39 is 0 Å². The zero-order chi connectivity index (χ0) is 14.2. The summed E-state index contributed by atoms with van der Waals surface area (Å²) in [6.45, 7) is 0. The SMILES string of the molecule is Nc1n[nH]nc1-c1ccc(-c2cccc3ncccc23)s1. The average Bonchev–Trinajstić information content (AvgIpc) is 3.15. The molecule has 0 amide bonds. The summed E-state index contributed by atoms with van der Waals surface area (Å²) >= 11 is 1.64. The Balaban J connectivity index is 1.87. The molecule has 0 saturated carbocycles. The molecule has 0 fully saturated rings. The predicted molar refractivity (Wildman–Crippen MR) is 84.8 cm³/mol. The molecule has 4 aromatic rings. The summed E-state index contributed by atoms with van der Waals surface area (Å²) in [5.74, 6) is 0.419. The van der Waals surface area contributed by atoms with Crippen LogP contribution in [0.3, 0.4) is 0 Å². The third-order valence-corrected chi connectivity index (χ3v) is 4.45. The molecule has 102 valence electrons. The smallest absolute Gasteiger partial charge is 0.174 e. The molecular formula is C15H11N5S. The highest BCUT2D eigenvalue weighted by Gasteiger charge is 2.12. The highest BCUT2D eigenvalue weighted by molar-refractivity contribution is 7.18. The number of thiophene rings is 1. The zero-order valence-corrected chi connectivity index (χ0v) is 11.8. The molecule has 3 N–H and O–H groups in total. The van der Waals surface area contributed by atoms with Crippen molar-refractivity contribution < 1.29 is 0 Å². The van der Waals surface area contributed by atoms with Gasteiger partial charge in [-0.3, -0.25) is 4.98 Å². The largest absolute Gasteiger partial charge is 0.380 e. The molecule has 3 aromatic heterocycles. The first-order chi connectivity index (χ1) is 10.3. The van der Waals surface area contributed by atoms with Gasteiger partial charge in [-0.2, -0.15) is 10.3 Å². The van der Waals surface area contributed by atoms with E-state index in [2.05, 4.69) is 38.6 Å². The van der Waals surface area contributed by atoms with Gasteiger partial charge < -0.3 is 5.73 Å². The second kappa shape index (κ2) is 4.68. The Morgan fingerprint density at radius 1 is 0.952 bits per heavy atom. The van der Waals surface area contributed by atoms with Crippen LogP contribution in [-0.4, -0.2) is 20.4 Å². The number of nitrogens with one attached hydrogen (secondary N) is 1. The highest BCUT2D eigenvalue weighted by atomic mass is 32.1. The van der Waals surface area contributed by atoms with Gasteiger partial charge in [0.2, 0.25) is 0 Å². The summed E-state index contributed by atoms with van der Waals surface area (Å²) in [5, 5.41) is 11.6. The van der Waals surface area contributed by atoms with E-state index in [-0.39, 0.29) is 0 Å². The van der Waals surface area contributed by atoms with E-state index in [0.29, 0.717) is 11.5 Å². The molecule has 1 aromatic carbocycles. The molecule has 0 aliphatic heterocycles. The summed E-state index contributed by atoms with van der Waals surface area (Å²) in [4.78, 5) is 6.55. The number of anilines is 1. The third-order valence-electron chi connectivity index (χ3n) is 3.33. The molecule has 0 saturated heterocycles. The molecule has 0 aliphatic carbocycles. The van der Waals surface area contributed by atoms with Gasteiger partial charge in [0, 0.05) is 22.0 Å². The molecule has 0 atom stereocenters. The van der Waals surface area contributed by atoms with Crippen molar-refractivity contribution in [1.29, 1.82) is 0 Å². The maximum absolute atomic E-state index is 5.80. The predicted octanol–water partition coefficient (Wildman–Crippen LogP) is 3.33. The number of aromatic amines is 1. The molecule has 5 nitrogen and oxygen atoms in total. The van der Waals surface area contributed by atoms with Crippen molar-refractivity contribution in [2.75, 3.05) is 5.73 Å². The maximum Gasteiger partial charge on any atom is 0.174 e. The van der Waals surface area contributed by atoms with Gasteiger partial charge in [0.05, 0.1) is 10.4 Å². The summed E-state index contributed by atoms with van der Waals surface area (Å²) < 4.78 is 0. The van der Waals surface area contributed by atoms with Gasteiger partial charge in [-0.1, -0.05) is 18.2 Å². The molecule has 3 heterocycles. The van der Waals surface area contributed by atoms with Gasteiger partial charge in [-0.25, -0.2) is 0 Å². The minimum absolute atomic E-state index is 0.419. The second-order valence-electron chi connectivity index (χ2n) is 4.60. The van der Waals surface area contributed by atoms with Crippen LogP contribution in [0.15, 0.2) is 48.7 Å². The lowest BCUT2D eigenvalue weighted by atomic mass is 10.1. The number of hydrogen-bond donors (Lipinski definition) is 2. The van der Waals surface area contributed by atoms with Crippen molar-refractivity contribution in [3.8, 4) is 21.0 Å². The standard InChI is InChI=1S/C15H11N5S/c16-15-14(18-20-19-15)13-7-6-12(21-13)10-3-1-5-11-9(10)4-2-8-17-11/h1-8H,(H3,16,18,19,20). The fourth-order valence-corrected chi connectivity index (χ4v) is 3.39. The zero-order valence-electron chi connectivity index (χ0n) is 10.9. The van der Waals surface area contributed by atoms with Crippen molar-refractivity contribution in [1.82, 2.24) is 20.4 Å². The number of pyridine rings is 1. The van der Waals surface area contributed by atoms with Crippen LogP contribution < -0.4 is 5.73 Å². The van der Waals surface area contributed by atoms with Gasteiger partial charge >= 0.3 is 0 Å². The lowest BCUT2D eigenvalue weighted by Crippen LogP contribution is -1.86. The molecule has 21 heavy (non-hydrogen) atoms. The van der Waals surface area contributed by atoms with Crippen LogP contribution in [0.2, 0.25) is 0 Å². The molecule has 0 spiro atoms. The van der Waals surface area contributed by atoms with E-state index in [1.54, 1.807) is 11.3 Å². The number of nitrogens with zero attached hydrogens (tertiary/aromatic N) is 3. The molecule has 0 bridgehead atoms. The first kappa shape index (κ1) is 12.0. The van der Waals surface area contributed by atoms with Crippen LogP contribution in [0.4, 0.5) is 5.82 Å². The van der Waals surface area contributed by atoms with Gasteiger partial charge in [0.25, 0.3) is 0 Å². The van der Waals surface area contributed by atoms with Crippen LogP contribution in [0.25, 0.3) is 31.9 Å². The Hall–Kier alpha value is -2.73. The Bertz CT molecular complexity index is 919. The number of aromatic nitrogens is 4. The third kappa shape index (κ3) is 1.96. The van der Waals surface area contributed by atoms with Gasteiger partial charge in [-0.05, 0) is 24.3 Å². The Morgan fingerprint density at radius 3 is 2.71 bits per heavy atom. The van der Waals surface area contributed by atoms with Crippen LogP contribution in [-0.2, 0) is 0 Å². The van der Waals surface area contributed by atoms with Gasteiger partial charge in [0.1, 0.15) is 5.69 Å². The fourth-order valence-electron chi connectivity index (χ4n) is 2.35. The number of benzene rings is 1. The monoisotopic (exact) mass is 293 g/mol. The maximum atomic E-state index is 5.80. The summed E-state index contributed by atoms with van der Waals surface area (Å²) in [6.07, 6.45) is 1.81. The van der Waals surface area contributed by atoms with Crippen LogP contribution >= 0.6 is 11.3 Å². The van der Waals surface area contributed by atoms with Crippen molar-refractivity contribution >= 4 is 28.1 Å². The van der Waals surface area contributed by atoms with E-state index in [9.17, 15) is 0 Å². The van der Waals surface area contributed by atoms with Crippen molar-refractivity contribution in [3.05, 3.63) is 48.7 Å². The molecule has 4 rings (SSSR count). The average molecular weight is 293 g/mol. The summed E-state index contributed by atoms with van der Waals surface area (Å²) in [7, 11) is 0. The molecular weight excluding hydrogens is 282 g/mol. The lowest BCUT2D eigenvalue weighted by Gasteiger charge is -2.03. The fraction of sp³-hybridized carbons (Fsp3) is 0. The molecule has 0 radical (unpaired) electrons. The topological polar surface area (TPSA) is 80.5 Å². The van der Waals surface area contributed by atoms with Crippen molar-refractivity contribution in [3.63, 3.8) is 0 Å². The number of nitrogens with two attached hydrogens (primary N) is 1. The second-order valence-corrected chi connectivity index (χ2v) is 5.68. The summed E-state index contributed by atoms with van der Waals surface area (Å²) in [6, 6.07) is 14.3. The van der Waals surface area contributed by atoms with E-state index in [1.807, 2.05) is 30.5 Å². The molecule has 0 unspecified atom stereocenters. The highest BCUT2D eigenvalue weighted by Crippen LogP contribution is 2.37. The van der Waals surface area contributed by atoms with E-state index in [4.69, 9.17) is 5.73 Å². The number of fused-ring (bicyclic) bond motifs is 1. The van der Waals surface area contributed by atoms with Crippen LogP contribution in [0, 0.1) is 0 Å². The van der Waals surface area contributed by atoms with Crippen molar-refractivity contribution in [2.24, 2.45) is 0 Å². The first-order valence-corrected chi connectivity index (χ1v) is 7.25. The first-order valence-electron chi connectivity index (χ1n) is 6.43. The minimum Gasteiger partial charge on any atom is -0.380 e. The van der Waals surface area contributed by atoms with E-state index >= 15 is 0 Å². The van der Waals surface area contributed by atoms with Crippen LogP contribution in [0.1, 0.15) is 0 Å². The minimum atomic E-state index is 0.419. The molecule has 0 aliphatic rings. The Labute approximate surface area is 124 Å². The number of rotatable bonds is 2. The van der Waals surface area contributed by atoms with Gasteiger partial charge in [0.15, 0.2) is 5.82 Å². The Morgan fingerprint density at radius 2 is 1.86 bits per heavy atom. The Kier molecular flexibility index (Phi) is 2.68. The normalized spacial score (nSPS) is 11.0. The van der Waals surface area contributed by atoms with Gasteiger partial charge in [-0.15, -0.1) is 16.4 Å². The van der Waals surface area contributed by atoms with Crippen molar-refractivity contribution in [2.45, 2.75) is 0 Å². The number of hydrogen-bond acceptors (Lipinski definition) is 5. The quantitative estimate of drug-likeness (QED) is 0.594. The van der Waals surface area contributed by atoms with E-state index in [0.717, 1.165) is 20.7 Å². The van der Waals surface area contributed by atoms with Crippen LogP contribution in [0.5, 0.6) is 0 Å². The lowest BCUT2D eigenvalue weighted by molar-refractivity contribution is 0.946. The number of nitrogen functional groups attached to an aromatic ring is 1. The molecule has 6 heteroatoms. The number of H-pyrrole nitrogens is 1.